The Balaban J connectivity index is 1.68. The number of nitrogens with one attached hydrogen (secondary N) is 2. The van der Waals surface area contributed by atoms with E-state index >= 15 is 0 Å². The van der Waals surface area contributed by atoms with Crippen molar-refractivity contribution in [3.8, 4) is 11.1 Å². The smallest absolute Gasteiger partial charge is 0.340 e. The summed E-state index contributed by atoms with van der Waals surface area (Å²) in [6.45, 7) is 2.15. The van der Waals surface area contributed by atoms with E-state index < -0.39 is 5.97 Å². The molecule has 3 rings (SSSR count). The Morgan fingerprint density at radius 1 is 1.00 bits per heavy atom. The molecule has 2 amide bonds. The molecule has 0 saturated carbocycles. The van der Waals surface area contributed by atoms with Crippen molar-refractivity contribution in [1.29, 1.82) is 0 Å². The minimum atomic E-state index is -0.503. The fourth-order valence-electron chi connectivity index (χ4n) is 2.84. The molecule has 0 fully saturated rings. The number of carbonyl (C=O) groups is 3. The molecule has 2 aromatic carbocycles. The average Bonchev–Trinajstić information content (AvgIpc) is 3.30. The first-order valence-electron chi connectivity index (χ1n) is 9.55. The predicted molar refractivity (Wildman–Crippen MR) is 118 cm³/mol. The van der Waals surface area contributed by atoms with Gasteiger partial charge in [-0.05, 0) is 41.6 Å². The van der Waals surface area contributed by atoms with Crippen LogP contribution >= 0.6 is 11.3 Å². The van der Waals surface area contributed by atoms with Crippen LogP contribution in [-0.4, -0.2) is 30.9 Å². The summed E-state index contributed by atoms with van der Waals surface area (Å²) in [5.41, 5.74) is 3.04. The van der Waals surface area contributed by atoms with Gasteiger partial charge in [-0.3, -0.25) is 9.59 Å². The second-order valence-corrected chi connectivity index (χ2v) is 7.19. The van der Waals surface area contributed by atoms with Gasteiger partial charge in [0.1, 0.15) is 0 Å². The van der Waals surface area contributed by atoms with Gasteiger partial charge in [0, 0.05) is 23.9 Å². The summed E-state index contributed by atoms with van der Waals surface area (Å²) in [5, 5.41) is 9.02. The number of thiophene rings is 1. The summed E-state index contributed by atoms with van der Waals surface area (Å²) in [4.78, 5) is 36.7. The van der Waals surface area contributed by atoms with Gasteiger partial charge in [-0.2, -0.15) is 11.3 Å². The van der Waals surface area contributed by atoms with Gasteiger partial charge in [0.05, 0.1) is 17.9 Å². The van der Waals surface area contributed by atoms with Crippen molar-refractivity contribution in [2.45, 2.75) is 13.3 Å². The summed E-state index contributed by atoms with van der Waals surface area (Å²) in [6, 6.07) is 16.6. The highest BCUT2D eigenvalue weighted by Crippen LogP contribution is 2.26. The van der Waals surface area contributed by atoms with Crippen molar-refractivity contribution in [3.63, 3.8) is 0 Å². The van der Waals surface area contributed by atoms with E-state index in [0.717, 1.165) is 11.1 Å². The number of hydrogen-bond donors (Lipinski definition) is 2. The van der Waals surface area contributed by atoms with Gasteiger partial charge in [-0.25, -0.2) is 4.79 Å². The molecular formula is C23H22N2O4S. The lowest BCUT2D eigenvalue weighted by atomic mass is 10.0. The third-order valence-corrected chi connectivity index (χ3v) is 5.00. The van der Waals surface area contributed by atoms with Crippen LogP contribution in [0.5, 0.6) is 0 Å². The van der Waals surface area contributed by atoms with Crippen LogP contribution in [0.1, 0.15) is 34.1 Å². The number of carbonyl (C=O) groups excluding carboxylic acids is 3. The minimum absolute atomic E-state index is 0.0819. The van der Waals surface area contributed by atoms with Crippen LogP contribution < -0.4 is 10.6 Å². The first-order valence-corrected chi connectivity index (χ1v) is 10.5. The maximum atomic E-state index is 12.4. The fourth-order valence-corrected chi connectivity index (χ4v) is 3.48. The molecule has 154 valence electrons. The van der Waals surface area contributed by atoms with Crippen LogP contribution in [0.3, 0.4) is 0 Å². The van der Waals surface area contributed by atoms with Crippen LogP contribution in [0.2, 0.25) is 0 Å². The number of rotatable bonds is 8. The first-order chi connectivity index (χ1) is 14.6. The molecule has 0 aliphatic heterocycles. The van der Waals surface area contributed by atoms with Crippen molar-refractivity contribution < 1.29 is 19.1 Å². The lowest BCUT2D eigenvalue weighted by Crippen LogP contribution is -2.27. The van der Waals surface area contributed by atoms with Gasteiger partial charge in [0.25, 0.3) is 5.91 Å². The second kappa shape index (κ2) is 10.4. The quantitative estimate of drug-likeness (QED) is 0.529. The van der Waals surface area contributed by atoms with Crippen LogP contribution in [0.15, 0.2) is 65.4 Å². The largest absolute Gasteiger partial charge is 0.462 e. The topological polar surface area (TPSA) is 84.5 Å². The molecule has 1 heterocycles. The molecule has 30 heavy (non-hydrogen) atoms. The number of ether oxygens (including phenoxy) is 1. The normalized spacial score (nSPS) is 10.3. The molecule has 6 nitrogen and oxygen atoms in total. The van der Waals surface area contributed by atoms with Crippen LogP contribution in [0.4, 0.5) is 5.69 Å². The summed E-state index contributed by atoms with van der Waals surface area (Å²) in [7, 11) is 0. The average molecular weight is 423 g/mol. The molecule has 0 unspecified atom stereocenters. The van der Waals surface area contributed by atoms with E-state index in [-0.39, 0.29) is 37.0 Å². The molecule has 3 aromatic rings. The molecule has 0 aliphatic carbocycles. The van der Waals surface area contributed by atoms with Gasteiger partial charge < -0.3 is 15.4 Å². The van der Waals surface area contributed by atoms with Crippen molar-refractivity contribution in [3.05, 3.63) is 76.5 Å². The molecule has 0 spiro atoms. The highest BCUT2D eigenvalue weighted by atomic mass is 32.1. The Hall–Kier alpha value is -3.45. The lowest BCUT2D eigenvalue weighted by molar-refractivity contribution is -0.116. The molecule has 0 aliphatic rings. The molecule has 0 bridgehead atoms. The molecule has 0 atom stereocenters. The van der Waals surface area contributed by atoms with E-state index in [1.807, 2.05) is 41.8 Å². The van der Waals surface area contributed by atoms with Gasteiger partial charge in [-0.1, -0.05) is 36.4 Å². The number of amides is 2. The molecule has 7 heteroatoms. The standard InChI is InChI=1S/C23H22N2O4S/c1-2-29-23(28)19-14-17(16-6-4-3-5-7-16)8-9-20(19)25-21(26)10-12-24-22(27)18-11-13-30-15-18/h3-9,11,13-15H,2,10,12H2,1H3,(H,24,27)(H,25,26). The van der Waals surface area contributed by atoms with Crippen molar-refractivity contribution in [2.75, 3.05) is 18.5 Å². The van der Waals surface area contributed by atoms with E-state index in [9.17, 15) is 14.4 Å². The number of anilines is 1. The zero-order chi connectivity index (χ0) is 21.3. The lowest BCUT2D eigenvalue weighted by Gasteiger charge is -2.13. The zero-order valence-corrected chi connectivity index (χ0v) is 17.3. The van der Waals surface area contributed by atoms with Crippen LogP contribution in [0.25, 0.3) is 11.1 Å². The Bertz CT molecular complexity index is 1020. The van der Waals surface area contributed by atoms with Crippen molar-refractivity contribution in [1.82, 2.24) is 5.32 Å². The second-order valence-electron chi connectivity index (χ2n) is 6.41. The number of hydrogen-bond acceptors (Lipinski definition) is 5. The molecule has 0 radical (unpaired) electrons. The number of esters is 1. The summed E-state index contributed by atoms with van der Waals surface area (Å²) in [5.74, 6) is -1.03. The molecular weight excluding hydrogens is 400 g/mol. The van der Waals surface area contributed by atoms with Crippen LogP contribution in [0, 0.1) is 0 Å². The zero-order valence-electron chi connectivity index (χ0n) is 16.5. The monoisotopic (exact) mass is 422 g/mol. The van der Waals surface area contributed by atoms with Gasteiger partial charge in [0.2, 0.25) is 5.91 Å². The number of benzene rings is 2. The highest BCUT2D eigenvalue weighted by Gasteiger charge is 2.16. The maximum absolute atomic E-state index is 12.4. The van der Waals surface area contributed by atoms with E-state index in [1.54, 1.807) is 30.5 Å². The molecule has 1 aromatic heterocycles. The predicted octanol–water partition coefficient (Wildman–Crippen LogP) is 4.35. The summed E-state index contributed by atoms with van der Waals surface area (Å²) < 4.78 is 5.15. The van der Waals surface area contributed by atoms with E-state index in [1.165, 1.54) is 11.3 Å². The van der Waals surface area contributed by atoms with Crippen molar-refractivity contribution in [2.24, 2.45) is 0 Å². The molecule has 0 saturated heterocycles. The third kappa shape index (κ3) is 5.55. The fraction of sp³-hybridized carbons (Fsp3) is 0.174. The molecule has 2 N–H and O–H groups in total. The van der Waals surface area contributed by atoms with E-state index in [4.69, 9.17) is 4.74 Å². The summed E-state index contributed by atoms with van der Waals surface area (Å²) >= 11 is 1.43. The Kier molecular flexibility index (Phi) is 7.34. The highest BCUT2D eigenvalue weighted by molar-refractivity contribution is 7.08. The van der Waals surface area contributed by atoms with Crippen LogP contribution in [-0.2, 0) is 9.53 Å². The Labute approximate surface area is 178 Å². The Morgan fingerprint density at radius 3 is 2.50 bits per heavy atom. The first kappa shape index (κ1) is 21.3. The van der Waals surface area contributed by atoms with Crippen molar-refractivity contribution >= 4 is 34.8 Å². The maximum Gasteiger partial charge on any atom is 0.340 e. The van der Waals surface area contributed by atoms with E-state index in [2.05, 4.69) is 10.6 Å². The third-order valence-electron chi connectivity index (χ3n) is 4.32. The SMILES string of the molecule is CCOC(=O)c1cc(-c2ccccc2)ccc1NC(=O)CCNC(=O)c1ccsc1. The van der Waals surface area contributed by atoms with Gasteiger partial charge in [0.15, 0.2) is 0 Å². The van der Waals surface area contributed by atoms with Gasteiger partial charge in [-0.15, -0.1) is 0 Å². The van der Waals surface area contributed by atoms with Gasteiger partial charge >= 0.3 is 5.97 Å². The Morgan fingerprint density at radius 2 is 1.80 bits per heavy atom. The summed E-state index contributed by atoms with van der Waals surface area (Å²) in [6.07, 6.45) is 0.0819. The van der Waals surface area contributed by atoms with E-state index in [0.29, 0.717) is 11.3 Å². The minimum Gasteiger partial charge on any atom is -0.462 e.